The number of hydrogen-bond donors (Lipinski definition) is 1. The summed E-state index contributed by atoms with van der Waals surface area (Å²) in [5.41, 5.74) is -1.92. The Hall–Kier alpha value is -0.860. The van der Waals surface area contributed by atoms with Crippen LogP contribution in [0.1, 0.15) is 22.5 Å². The standard InChI is InChI=1S/C7H3F3INO2/c8-4-2(6(9)10)1-3(11)12-5(4)7(13)14/h1,6H,(H,13,14). The fourth-order valence-corrected chi connectivity index (χ4v) is 1.39. The molecule has 0 unspecified atom stereocenters. The molecule has 7 heteroatoms. The van der Waals surface area contributed by atoms with Gasteiger partial charge in [-0.1, -0.05) is 0 Å². The number of carboxylic acid groups (broad SMARTS) is 1. The van der Waals surface area contributed by atoms with Gasteiger partial charge in [-0.2, -0.15) is 0 Å². The summed E-state index contributed by atoms with van der Waals surface area (Å²) < 4.78 is 37.4. The van der Waals surface area contributed by atoms with Crippen LogP contribution in [-0.2, 0) is 0 Å². The molecule has 3 nitrogen and oxygen atoms in total. The number of carboxylic acids is 1. The zero-order valence-electron chi connectivity index (χ0n) is 6.47. The summed E-state index contributed by atoms with van der Waals surface area (Å²) in [6.07, 6.45) is -3.05. The Morgan fingerprint density at radius 3 is 2.57 bits per heavy atom. The van der Waals surface area contributed by atoms with Crippen molar-refractivity contribution < 1.29 is 23.1 Å². The molecule has 76 valence electrons. The molecule has 0 spiro atoms. The van der Waals surface area contributed by atoms with Crippen LogP contribution in [0.25, 0.3) is 0 Å². The molecule has 0 fully saturated rings. The van der Waals surface area contributed by atoms with Gasteiger partial charge in [0.25, 0.3) is 6.43 Å². The van der Waals surface area contributed by atoms with Gasteiger partial charge in [0, 0.05) is 0 Å². The van der Waals surface area contributed by atoms with Crippen LogP contribution in [0.4, 0.5) is 13.2 Å². The first-order valence-electron chi connectivity index (χ1n) is 3.31. The van der Waals surface area contributed by atoms with E-state index in [-0.39, 0.29) is 3.70 Å². The Bertz CT molecular complexity index is 383. The maximum atomic E-state index is 13.0. The van der Waals surface area contributed by atoms with Gasteiger partial charge in [-0.3, -0.25) is 0 Å². The molecule has 0 saturated carbocycles. The minimum absolute atomic E-state index is 0.0108. The van der Waals surface area contributed by atoms with Crippen LogP contribution >= 0.6 is 22.6 Å². The van der Waals surface area contributed by atoms with Crippen LogP contribution in [0.2, 0.25) is 0 Å². The van der Waals surface area contributed by atoms with Crippen molar-refractivity contribution >= 4 is 28.6 Å². The van der Waals surface area contributed by atoms with Gasteiger partial charge in [-0.05, 0) is 28.7 Å². The number of alkyl halides is 2. The second kappa shape index (κ2) is 4.11. The van der Waals surface area contributed by atoms with E-state index < -0.39 is 29.5 Å². The number of aromatic nitrogens is 1. The molecule has 0 aliphatic heterocycles. The molecule has 0 bridgehead atoms. The number of rotatable bonds is 2. The van der Waals surface area contributed by atoms with Crippen LogP contribution in [0.3, 0.4) is 0 Å². The predicted octanol–water partition coefficient (Wildman–Crippen LogP) is 2.46. The average Bonchev–Trinajstić information content (AvgIpc) is 2.07. The molecule has 0 radical (unpaired) electrons. The molecule has 0 aromatic carbocycles. The van der Waals surface area contributed by atoms with E-state index in [4.69, 9.17) is 5.11 Å². The zero-order chi connectivity index (χ0) is 10.9. The summed E-state index contributed by atoms with van der Waals surface area (Å²) in [4.78, 5) is 13.7. The first-order chi connectivity index (χ1) is 6.43. The zero-order valence-corrected chi connectivity index (χ0v) is 8.63. The smallest absolute Gasteiger partial charge is 0.357 e. The first kappa shape index (κ1) is 11.2. The number of hydrogen-bond acceptors (Lipinski definition) is 2. The molecular formula is C7H3F3INO2. The third kappa shape index (κ3) is 2.14. The minimum atomic E-state index is -3.05. The molecule has 1 rings (SSSR count). The Kier molecular flexibility index (Phi) is 3.29. The molecule has 1 aromatic rings. The average molecular weight is 317 g/mol. The van der Waals surface area contributed by atoms with Gasteiger partial charge in [0.2, 0.25) is 0 Å². The second-order valence-electron chi connectivity index (χ2n) is 2.30. The molecular weight excluding hydrogens is 314 g/mol. The van der Waals surface area contributed by atoms with E-state index in [0.29, 0.717) is 0 Å². The van der Waals surface area contributed by atoms with Crippen LogP contribution in [-0.4, -0.2) is 16.1 Å². The van der Waals surface area contributed by atoms with Gasteiger partial charge >= 0.3 is 5.97 Å². The maximum absolute atomic E-state index is 13.0. The van der Waals surface area contributed by atoms with Crippen molar-refractivity contribution in [3.05, 3.63) is 26.8 Å². The van der Waals surface area contributed by atoms with E-state index in [1.54, 1.807) is 0 Å². The summed E-state index contributed by atoms with van der Waals surface area (Å²) in [6, 6.07) is 0.812. The lowest BCUT2D eigenvalue weighted by molar-refractivity contribution is 0.0683. The maximum Gasteiger partial charge on any atom is 0.357 e. The second-order valence-corrected chi connectivity index (χ2v) is 3.41. The Morgan fingerprint density at radius 1 is 1.57 bits per heavy atom. The van der Waals surface area contributed by atoms with Gasteiger partial charge in [0.1, 0.15) is 3.70 Å². The highest BCUT2D eigenvalue weighted by atomic mass is 127. The van der Waals surface area contributed by atoms with Gasteiger partial charge in [-0.15, -0.1) is 0 Å². The molecule has 14 heavy (non-hydrogen) atoms. The molecule has 0 amide bonds. The molecule has 0 saturated heterocycles. The molecule has 1 heterocycles. The van der Waals surface area contributed by atoms with Gasteiger partial charge in [0.15, 0.2) is 11.5 Å². The van der Waals surface area contributed by atoms with Crippen molar-refractivity contribution in [1.82, 2.24) is 4.98 Å². The summed E-state index contributed by atoms with van der Waals surface area (Å²) in [7, 11) is 0. The largest absolute Gasteiger partial charge is 0.476 e. The number of halogens is 4. The Morgan fingerprint density at radius 2 is 2.14 bits per heavy atom. The van der Waals surface area contributed by atoms with E-state index in [9.17, 15) is 18.0 Å². The van der Waals surface area contributed by atoms with Crippen molar-refractivity contribution in [2.24, 2.45) is 0 Å². The molecule has 0 aliphatic carbocycles. The van der Waals surface area contributed by atoms with Crippen molar-refractivity contribution in [1.29, 1.82) is 0 Å². The number of nitrogens with zero attached hydrogens (tertiary/aromatic N) is 1. The molecule has 0 atom stereocenters. The lowest BCUT2D eigenvalue weighted by atomic mass is 10.2. The molecule has 0 aliphatic rings. The van der Waals surface area contributed by atoms with Gasteiger partial charge < -0.3 is 5.11 Å². The van der Waals surface area contributed by atoms with E-state index in [1.165, 1.54) is 22.6 Å². The molecule has 1 aromatic heterocycles. The van der Waals surface area contributed by atoms with E-state index in [2.05, 4.69) is 4.98 Å². The highest BCUT2D eigenvalue weighted by Crippen LogP contribution is 2.24. The van der Waals surface area contributed by atoms with Crippen molar-refractivity contribution in [2.75, 3.05) is 0 Å². The lowest BCUT2D eigenvalue weighted by Crippen LogP contribution is -2.08. The van der Waals surface area contributed by atoms with E-state index in [1.807, 2.05) is 0 Å². The normalized spacial score (nSPS) is 10.6. The van der Waals surface area contributed by atoms with Crippen molar-refractivity contribution in [3.63, 3.8) is 0 Å². The van der Waals surface area contributed by atoms with Gasteiger partial charge in [0.05, 0.1) is 5.56 Å². The fourth-order valence-electron chi connectivity index (χ4n) is 0.817. The van der Waals surface area contributed by atoms with Crippen LogP contribution in [0, 0.1) is 9.52 Å². The van der Waals surface area contributed by atoms with Gasteiger partial charge in [-0.25, -0.2) is 22.9 Å². The van der Waals surface area contributed by atoms with E-state index in [0.717, 1.165) is 6.07 Å². The predicted molar refractivity (Wildman–Crippen MR) is 48.8 cm³/mol. The van der Waals surface area contributed by atoms with Crippen LogP contribution < -0.4 is 0 Å². The quantitative estimate of drug-likeness (QED) is 0.673. The number of carbonyl (C=O) groups is 1. The highest BCUT2D eigenvalue weighted by Gasteiger charge is 2.22. The minimum Gasteiger partial charge on any atom is -0.476 e. The summed E-state index contributed by atoms with van der Waals surface area (Å²) >= 11 is 1.54. The Balaban J connectivity index is 3.40. The van der Waals surface area contributed by atoms with Crippen molar-refractivity contribution in [3.8, 4) is 0 Å². The molecule has 1 N–H and O–H groups in total. The van der Waals surface area contributed by atoms with E-state index >= 15 is 0 Å². The van der Waals surface area contributed by atoms with Crippen molar-refractivity contribution in [2.45, 2.75) is 6.43 Å². The van der Waals surface area contributed by atoms with Crippen LogP contribution in [0.15, 0.2) is 6.07 Å². The highest BCUT2D eigenvalue weighted by molar-refractivity contribution is 14.1. The van der Waals surface area contributed by atoms with Crippen LogP contribution in [0.5, 0.6) is 0 Å². The third-order valence-corrected chi connectivity index (χ3v) is 1.94. The summed E-state index contributed by atoms with van der Waals surface area (Å²) in [5.74, 6) is -3.14. The number of aromatic carboxylic acids is 1. The topological polar surface area (TPSA) is 50.2 Å². The SMILES string of the molecule is O=C(O)c1nc(I)cc(C(F)F)c1F. The summed E-state index contributed by atoms with van der Waals surface area (Å²) in [6.45, 7) is 0. The lowest BCUT2D eigenvalue weighted by Gasteiger charge is -2.04. The number of pyridine rings is 1. The monoisotopic (exact) mass is 317 g/mol. The Labute approximate surface area is 90.1 Å². The fraction of sp³-hybridized carbons (Fsp3) is 0.143. The third-order valence-electron chi connectivity index (χ3n) is 1.39. The first-order valence-corrected chi connectivity index (χ1v) is 4.38. The summed E-state index contributed by atoms with van der Waals surface area (Å²) in [5, 5.41) is 8.45.